The Morgan fingerprint density at radius 2 is 1.95 bits per heavy atom. The lowest BCUT2D eigenvalue weighted by Gasteiger charge is -2.13. The third-order valence-electron chi connectivity index (χ3n) is 2.98. The quantitative estimate of drug-likeness (QED) is 0.939. The molecule has 2 rings (SSSR count). The molecule has 2 aromatic rings. The van der Waals surface area contributed by atoms with Crippen LogP contribution in [0.4, 0.5) is 8.78 Å². The van der Waals surface area contributed by atoms with Gasteiger partial charge in [-0.2, -0.15) is 5.10 Å². The van der Waals surface area contributed by atoms with Crippen LogP contribution >= 0.6 is 15.9 Å². The third-order valence-corrected chi connectivity index (χ3v) is 4.01. The van der Waals surface area contributed by atoms with Crippen LogP contribution in [0.1, 0.15) is 23.1 Å². The van der Waals surface area contributed by atoms with Crippen molar-refractivity contribution in [2.75, 3.05) is 0 Å². The third kappa shape index (κ3) is 2.69. The first-order chi connectivity index (χ1) is 8.91. The van der Waals surface area contributed by atoms with Crippen molar-refractivity contribution in [3.63, 3.8) is 0 Å². The highest BCUT2D eigenvalue weighted by atomic mass is 79.9. The molecule has 1 heterocycles. The minimum Gasteiger partial charge on any atom is -0.388 e. The number of hydrogen-bond donors (Lipinski definition) is 1. The van der Waals surface area contributed by atoms with E-state index in [1.165, 1.54) is 6.07 Å². The second-order valence-corrected chi connectivity index (χ2v) is 5.12. The van der Waals surface area contributed by atoms with E-state index in [1.807, 2.05) is 6.92 Å². The first kappa shape index (κ1) is 14.1. The van der Waals surface area contributed by atoms with Crippen LogP contribution < -0.4 is 0 Å². The lowest BCUT2D eigenvalue weighted by atomic mass is 10.0. The second-order valence-electron chi connectivity index (χ2n) is 4.32. The zero-order chi connectivity index (χ0) is 14.2. The van der Waals surface area contributed by atoms with Crippen LogP contribution in [0.3, 0.4) is 0 Å². The molecule has 0 bridgehead atoms. The van der Waals surface area contributed by atoms with Crippen molar-refractivity contribution in [1.82, 2.24) is 9.78 Å². The minimum atomic E-state index is -1.26. The lowest BCUT2D eigenvalue weighted by Crippen LogP contribution is -2.10. The van der Waals surface area contributed by atoms with Gasteiger partial charge in [0.15, 0.2) is 0 Å². The maximum Gasteiger partial charge on any atom is 0.131 e. The van der Waals surface area contributed by atoms with Crippen molar-refractivity contribution in [1.29, 1.82) is 0 Å². The van der Waals surface area contributed by atoms with E-state index in [2.05, 4.69) is 21.0 Å². The van der Waals surface area contributed by atoms with Crippen molar-refractivity contribution in [2.24, 2.45) is 7.05 Å². The molecule has 0 aliphatic heterocycles. The summed E-state index contributed by atoms with van der Waals surface area (Å²) in [7, 11) is 1.72. The van der Waals surface area contributed by atoms with E-state index >= 15 is 0 Å². The number of benzene rings is 1. The predicted molar refractivity (Wildman–Crippen MR) is 70.7 cm³/mol. The van der Waals surface area contributed by atoms with Crippen LogP contribution in [0.15, 0.2) is 22.7 Å². The number of halogens is 3. The van der Waals surface area contributed by atoms with E-state index in [4.69, 9.17) is 0 Å². The van der Waals surface area contributed by atoms with E-state index in [0.29, 0.717) is 5.69 Å². The van der Waals surface area contributed by atoms with Gasteiger partial charge in [0.25, 0.3) is 0 Å². The Bertz CT molecular complexity index is 593. The fourth-order valence-corrected chi connectivity index (χ4v) is 2.51. The van der Waals surface area contributed by atoms with Crippen LogP contribution in [0.25, 0.3) is 0 Å². The van der Waals surface area contributed by atoms with Gasteiger partial charge in [0, 0.05) is 13.5 Å². The Balaban J connectivity index is 2.33. The minimum absolute atomic E-state index is 0.0791. The first-order valence-corrected chi connectivity index (χ1v) is 6.51. The van der Waals surface area contributed by atoms with Crippen LogP contribution in [0.2, 0.25) is 0 Å². The fourth-order valence-electron chi connectivity index (χ4n) is 2.02. The summed E-state index contributed by atoms with van der Waals surface area (Å²) in [6.45, 7) is 1.81. The highest BCUT2D eigenvalue weighted by molar-refractivity contribution is 9.10. The van der Waals surface area contributed by atoms with Crippen molar-refractivity contribution in [2.45, 2.75) is 19.4 Å². The summed E-state index contributed by atoms with van der Waals surface area (Å²) in [5.74, 6) is -1.50. The normalized spacial score (nSPS) is 12.7. The van der Waals surface area contributed by atoms with Gasteiger partial charge in [-0.15, -0.1) is 0 Å². The molecular formula is C13H13BrF2N2O. The van der Waals surface area contributed by atoms with Gasteiger partial charge in [0.05, 0.1) is 27.5 Å². The average Bonchev–Trinajstić information content (AvgIpc) is 2.56. The number of aliphatic hydroxyl groups excluding tert-OH is 1. The molecule has 102 valence electrons. The van der Waals surface area contributed by atoms with Crippen LogP contribution in [-0.2, 0) is 13.5 Å². The maximum atomic E-state index is 13.6. The molecule has 1 unspecified atom stereocenters. The summed E-state index contributed by atoms with van der Waals surface area (Å²) < 4.78 is 29.5. The Morgan fingerprint density at radius 1 is 1.37 bits per heavy atom. The summed E-state index contributed by atoms with van der Waals surface area (Å²) in [6.07, 6.45) is -1.18. The largest absolute Gasteiger partial charge is 0.388 e. The van der Waals surface area contributed by atoms with Gasteiger partial charge >= 0.3 is 0 Å². The Labute approximate surface area is 118 Å². The molecule has 0 aliphatic rings. The summed E-state index contributed by atoms with van der Waals surface area (Å²) in [5, 5.41) is 14.2. The zero-order valence-corrected chi connectivity index (χ0v) is 12.1. The second kappa shape index (κ2) is 5.38. The Morgan fingerprint density at radius 3 is 2.42 bits per heavy atom. The predicted octanol–water partition coefficient (Wildman–Crippen LogP) is 3.05. The molecule has 1 atom stereocenters. The number of nitrogens with zero attached hydrogens (tertiary/aromatic N) is 2. The molecule has 0 aliphatic carbocycles. The lowest BCUT2D eigenvalue weighted by molar-refractivity contribution is 0.165. The molecule has 0 amide bonds. The average molecular weight is 331 g/mol. The fraction of sp³-hybridized carbons (Fsp3) is 0.308. The number of aromatic nitrogens is 2. The smallest absolute Gasteiger partial charge is 0.131 e. The van der Waals surface area contributed by atoms with Crippen molar-refractivity contribution in [3.8, 4) is 0 Å². The van der Waals surface area contributed by atoms with Gasteiger partial charge in [-0.1, -0.05) is 6.07 Å². The van der Waals surface area contributed by atoms with Gasteiger partial charge in [-0.25, -0.2) is 8.78 Å². The van der Waals surface area contributed by atoms with E-state index in [-0.39, 0.29) is 12.0 Å². The number of rotatable bonds is 3. The first-order valence-electron chi connectivity index (χ1n) is 5.71. The van der Waals surface area contributed by atoms with Crippen LogP contribution in [-0.4, -0.2) is 14.9 Å². The molecule has 3 nitrogen and oxygen atoms in total. The summed E-state index contributed by atoms with van der Waals surface area (Å²) in [5.41, 5.74) is 1.14. The SMILES string of the molecule is Cc1nn(C)c(CC(O)c2c(F)cccc2F)c1Br. The maximum absolute atomic E-state index is 13.6. The molecule has 1 aromatic heterocycles. The van der Waals surface area contributed by atoms with Gasteiger partial charge in [0.2, 0.25) is 0 Å². The molecule has 19 heavy (non-hydrogen) atoms. The Hall–Kier alpha value is -1.27. The van der Waals surface area contributed by atoms with Crippen LogP contribution in [0, 0.1) is 18.6 Å². The van der Waals surface area contributed by atoms with Gasteiger partial charge in [-0.05, 0) is 35.0 Å². The standard InChI is InChI=1S/C13H13BrF2N2O/c1-7-13(14)10(18(2)17-7)6-11(19)12-8(15)4-3-5-9(12)16/h3-5,11,19H,6H2,1-2H3. The molecule has 0 saturated carbocycles. The van der Waals surface area contributed by atoms with Crippen molar-refractivity contribution >= 4 is 15.9 Å². The molecule has 6 heteroatoms. The van der Waals surface area contributed by atoms with Gasteiger partial charge < -0.3 is 5.11 Å². The topological polar surface area (TPSA) is 38.0 Å². The van der Waals surface area contributed by atoms with E-state index in [1.54, 1.807) is 11.7 Å². The molecule has 1 N–H and O–H groups in total. The molecule has 0 fully saturated rings. The number of aliphatic hydroxyl groups is 1. The molecule has 0 saturated heterocycles. The molecule has 0 spiro atoms. The summed E-state index contributed by atoms with van der Waals surface area (Å²) in [6, 6.07) is 3.53. The Kier molecular flexibility index (Phi) is 4.01. The van der Waals surface area contributed by atoms with Crippen molar-refractivity contribution < 1.29 is 13.9 Å². The molecule has 0 radical (unpaired) electrons. The zero-order valence-electron chi connectivity index (χ0n) is 10.5. The highest BCUT2D eigenvalue weighted by Gasteiger charge is 2.21. The molecular weight excluding hydrogens is 318 g/mol. The van der Waals surface area contributed by atoms with E-state index < -0.39 is 17.7 Å². The molecule has 1 aromatic carbocycles. The number of hydrogen-bond acceptors (Lipinski definition) is 2. The summed E-state index contributed by atoms with van der Waals surface area (Å²) >= 11 is 3.36. The van der Waals surface area contributed by atoms with Crippen LogP contribution in [0.5, 0.6) is 0 Å². The summed E-state index contributed by atoms with van der Waals surface area (Å²) in [4.78, 5) is 0. The van der Waals surface area contributed by atoms with Gasteiger partial charge in [-0.3, -0.25) is 4.68 Å². The highest BCUT2D eigenvalue weighted by Crippen LogP contribution is 2.28. The van der Waals surface area contributed by atoms with E-state index in [9.17, 15) is 13.9 Å². The van der Waals surface area contributed by atoms with Gasteiger partial charge in [0.1, 0.15) is 11.6 Å². The van der Waals surface area contributed by atoms with Crippen molar-refractivity contribution in [3.05, 3.63) is 51.3 Å². The monoisotopic (exact) mass is 330 g/mol. The van der Waals surface area contributed by atoms with E-state index in [0.717, 1.165) is 22.3 Å². The number of aryl methyl sites for hydroxylation is 2.